The number of hydrogen-bond acceptors (Lipinski definition) is 5. The second-order valence-corrected chi connectivity index (χ2v) is 23.9. The molecule has 0 radical (unpaired) electrons. The monoisotopic (exact) mass is 1080 g/mol. The van der Waals surface area contributed by atoms with Crippen LogP contribution in [-0.2, 0) is 14.3 Å². The van der Waals surface area contributed by atoms with Gasteiger partial charge in [0.25, 0.3) is 0 Å². The van der Waals surface area contributed by atoms with Crippen LogP contribution >= 0.6 is 0 Å². The number of carbonyl (C=O) groups excluding carboxylic acids is 2. The predicted molar refractivity (Wildman–Crippen MR) is 338 cm³/mol. The van der Waals surface area contributed by atoms with Crippen molar-refractivity contribution in [3.8, 4) is 0 Å². The Hall–Kier alpha value is -1.92. The first-order chi connectivity index (χ1) is 38.0. The smallest absolute Gasteiger partial charge is 0.305 e. The molecule has 0 heterocycles. The van der Waals surface area contributed by atoms with E-state index in [1.807, 2.05) is 0 Å². The highest BCUT2D eigenvalue weighted by Gasteiger charge is 2.20. The van der Waals surface area contributed by atoms with Gasteiger partial charge in [-0.1, -0.05) is 320 Å². The summed E-state index contributed by atoms with van der Waals surface area (Å²) >= 11 is 0. The lowest BCUT2D eigenvalue weighted by Gasteiger charge is -2.22. The molecule has 77 heavy (non-hydrogen) atoms. The normalized spacial score (nSPS) is 12.7. The fraction of sp³-hybridized carbons (Fsp3) is 0.887. The lowest BCUT2D eigenvalue weighted by Crippen LogP contribution is -2.45. The van der Waals surface area contributed by atoms with Gasteiger partial charge in [-0.05, 0) is 83.5 Å². The van der Waals surface area contributed by atoms with Crippen molar-refractivity contribution in [3.63, 3.8) is 0 Å². The highest BCUT2D eigenvalue weighted by molar-refractivity contribution is 5.76. The summed E-state index contributed by atoms with van der Waals surface area (Å²) in [7, 11) is 0. The fourth-order valence-corrected chi connectivity index (χ4v) is 10.8. The fourth-order valence-electron chi connectivity index (χ4n) is 10.8. The molecule has 0 saturated heterocycles. The van der Waals surface area contributed by atoms with E-state index in [0.29, 0.717) is 25.9 Å². The third kappa shape index (κ3) is 63.1. The Morgan fingerprint density at radius 1 is 0.364 bits per heavy atom. The summed E-state index contributed by atoms with van der Waals surface area (Å²) in [6.45, 7) is 4.95. The first-order valence-electron chi connectivity index (χ1n) is 34.7. The second-order valence-electron chi connectivity index (χ2n) is 23.9. The van der Waals surface area contributed by atoms with Crippen LogP contribution in [0.25, 0.3) is 0 Å². The lowest BCUT2D eigenvalue weighted by molar-refractivity contribution is -0.143. The maximum absolute atomic E-state index is 12.4. The number of amides is 1. The average molecular weight is 1080 g/mol. The Labute approximate surface area is 481 Å². The third-order valence-corrected chi connectivity index (χ3v) is 16.2. The molecule has 1 amide bonds. The van der Waals surface area contributed by atoms with Crippen LogP contribution < -0.4 is 5.32 Å². The lowest BCUT2D eigenvalue weighted by atomic mass is 10.0. The van der Waals surface area contributed by atoms with Gasteiger partial charge in [-0.15, -0.1) is 0 Å². The summed E-state index contributed by atoms with van der Waals surface area (Å²) in [6.07, 6.45) is 85.0. The topological polar surface area (TPSA) is 95.9 Å². The molecule has 0 aliphatic carbocycles. The first-order valence-corrected chi connectivity index (χ1v) is 34.7. The largest absolute Gasteiger partial charge is 0.466 e. The van der Waals surface area contributed by atoms with Crippen LogP contribution in [-0.4, -0.2) is 47.4 Å². The van der Waals surface area contributed by atoms with Crippen LogP contribution in [0.5, 0.6) is 0 Å². The Kier molecular flexibility index (Phi) is 64.9. The van der Waals surface area contributed by atoms with Crippen molar-refractivity contribution in [2.24, 2.45) is 0 Å². The minimum Gasteiger partial charge on any atom is -0.466 e. The van der Waals surface area contributed by atoms with Crippen molar-refractivity contribution in [2.75, 3.05) is 13.2 Å². The zero-order valence-corrected chi connectivity index (χ0v) is 52.0. The summed E-state index contributed by atoms with van der Waals surface area (Å²) in [5, 5.41) is 23.1. The highest BCUT2D eigenvalue weighted by Crippen LogP contribution is 2.18. The molecule has 0 aromatic rings. The zero-order chi connectivity index (χ0) is 55.7. The number of ether oxygens (including phenoxy) is 1. The molecule has 0 aromatic heterocycles. The van der Waals surface area contributed by atoms with Crippen molar-refractivity contribution < 1.29 is 24.5 Å². The van der Waals surface area contributed by atoms with Gasteiger partial charge in [0.15, 0.2) is 0 Å². The van der Waals surface area contributed by atoms with E-state index in [-0.39, 0.29) is 18.5 Å². The van der Waals surface area contributed by atoms with Gasteiger partial charge in [0.05, 0.1) is 25.4 Å². The third-order valence-electron chi connectivity index (χ3n) is 16.2. The molecular formula is C71H135NO5. The minimum atomic E-state index is -0.661. The van der Waals surface area contributed by atoms with Crippen molar-refractivity contribution in [1.82, 2.24) is 5.32 Å². The molecule has 6 heteroatoms. The maximum atomic E-state index is 12.4. The van der Waals surface area contributed by atoms with E-state index in [9.17, 15) is 19.8 Å². The van der Waals surface area contributed by atoms with E-state index in [4.69, 9.17) is 4.74 Å². The average Bonchev–Trinajstić information content (AvgIpc) is 3.43. The van der Waals surface area contributed by atoms with E-state index in [2.05, 4.69) is 55.6 Å². The Bertz CT molecular complexity index is 1250. The van der Waals surface area contributed by atoms with Gasteiger partial charge in [0, 0.05) is 12.8 Å². The number of unbranched alkanes of at least 4 members (excludes halogenated alkanes) is 48. The summed E-state index contributed by atoms with van der Waals surface area (Å²) in [4.78, 5) is 24.5. The number of rotatable bonds is 65. The number of nitrogens with one attached hydrogen (secondary N) is 1. The summed E-state index contributed by atoms with van der Waals surface area (Å²) in [5.74, 6) is -0.0228. The zero-order valence-electron chi connectivity index (χ0n) is 52.0. The van der Waals surface area contributed by atoms with Gasteiger partial charge in [-0.2, -0.15) is 0 Å². The number of hydrogen-bond donors (Lipinski definition) is 3. The molecule has 454 valence electrons. The van der Waals surface area contributed by atoms with Gasteiger partial charge >= 0.3 is 5.97 Å². The molecule has 0 aliphatic rings. The van der Waals surface area contributed by atoms with Gasteiger partial charge in [-0.25, -0.2) is 0 Å². The Balaban J connectivity index is 3.34. The molecule has 0 saturated carbocycles. The number of esters is 1. The van der Waals surface area contributed by atoms with E-state index < -0.39 is 12.1 Å². The SMILES string of the molecule is CCCCCCCCC/C=C\CCCCCCCCCC(=O)OCCCCCCCCCCC/C=C\C/C=C\CCCCCCCCCCCCCCCCCCCC(=O)NC(CO)C(O)CCCCCCCCCCC. The molecule has 0 fully saturated rings. The highest BCUT2D eigenvalue weighted by atomic mass is 16.5. The molecule has 2 atom stereocenters. The number of aliphatic hydroxyl groups excluding tert-OH is 2. The molecule has 0 bridgehead atoms. The summed E-state index contributed by atoms with van der Waals surface area (Å²) < 4.78 is 5.50. The van der Waals surface area contributed by atoms with Crippen LogP contribution in [0.4, 0.5) is 0 Å². The molecule has 0 spiro atoms. The Morgan fingerprint density at radius 3 is 1.00 bits per heavy atom. The standard InChI is InChI=1S/C71H135NO5/c1-3-5-7-9-11-13-14-15-16-17-36-39-42-45-49-53-57-61-65-71(76)77-66-62-58-54-50-46-43-40-37-34-32-30-28-26-24-22-20-18-19-21-23-25-27-29-31-33-35-38-41-44-48-52-56-60-64-70(75)72-68(67-73)69(74)63-59-55-51-47-12-10-8-6-4-2/h16-17,22,24,28,30,68-69,73-74H,3-15,18-21,23,25-27,29,31-67H2,1-2H3,(H,72,75)/b17-16-,24-22-,30-28-. The predicted octanol–water partition coefficient (Wildman–Crippen LogP) is 22.3. The van der Waals surface area contributed by atoms with E-state index in [1.54, 1.807) is 0 Å². The Morgan fingerprint density at radius 2 is 0.649 bits per heavy atom. The number of carbonyl (C=O) groups is 2. The number of allylic oxidation sites excluding steroid dienone is 6. The quantitative estimate of drug-likeness (QED) is 0.0320. The van der Waals surface area contributed by atoms with Gasteiger partial charge < -0.3 is 20.3 Å². The van der Waals surface area contributed by atoms with Crippen LogP contribution in [0.1, 0.15) is 380 Å². The van der Waals surface area contributed by atoms with E-state index >= 15 is 0 Å². The van der Waals surface area contributed by atoms with Crippen LogP contribution in [0.15, 0.2) is 36.5 Å². The van der Waals surface area contributed by atoms with Crippen LogP contribution in [0.3, 0.4) is 0 Å². The van der Waals surface area contributed by atoms with E-state index in [1.165, 1.54) is 295 Å². The van der Waals surface area contributed by atoms with Crippen molar-refractivity contribution in [1.29, 1.82) is 0 Å². The summed E-state index contributed by atoms with van der Waals surface area (Å²) in [5.41, 5.74) is 0. The molecule has 3 N–H and O–H groups in total. The molecule has 0 aliphatic heterocycles. The van der Waals surface area contributed by atoms with Gasteiger partial charge in [0.1, 0.15) is 0 Å². The molecular weight excluding hydrogens is 947 g/mol. The summed E-state index contributed by atoms with van der Waals surface area (Å²) in [6, 6.07) is -0.538. The van der Waals surface area contributed by atoms with Crippen LogP contribution in [0, 0.1) is 0 Å². The molecule has 6 nitrogen and oxygen atoms in total. The minimum absolute atomic E-state index is 0.0115. The first kappa shape index (κ1) is 75.1. The second kappa shape index (κ2) is 66.6. The number of aliphatic hydroxyl groups is 2. The van der Waals surface area contributed by atoms with Crippen molar-refractivity contribution in [3.05, 3.63) is 36.5 Å². The van der Waals surface area contributed by atoms with Crippen LogP contribution in [0.2, 0.25) is 0 Å². The van der Waals surface area contributed by atoms with Crippen molar-refractivity contribution >= 4 is 11.9 Å². The maximum Gasteiger partial charge on any atom is 0.305 e. The van der Waals surface area contributed by atoms with Gasteiger partial charge in [-0.3, -0.25) is 9.59 Å². The molecule has 0 aromatic carbocycles. The van der Waals surface area contributed by atoms with E-state index in [0.717, 1.165) is 51.4 Å². The molecule has 0 rings (SSSR count). The van der Waals surface area contributed by atoms with Gasteiger partial charge in [0.2, 0.25) is 5.91 Å². The van der Waals surface area contributed by atoms with Crippen molar-refractivity contribution in [2.45, 2.75) is 392 Å². The molecule has 2 unspecified atom stereocenters.